The molecule has 0 radical (unpaired) electrons. The summed E-state index contributed by atoms with van der Waals surface area (Å²) < 4.78 is 39.9. The van der Waals surface area contributed by atoms with Gasteiger partial charge in [0.25, 0.3) is 0 Å². The quantitative estimate of drug-likeness (QED) is 0.373. The second-order valence-electron chi connectivity index (χ2n) is 5.25. The summed E-state index contributed by atoms with van der Waals surface area (Å²) in [5, 5.41) is 24.1. The van der Waals surface area contributed by atoms with Crippen LogP contribution in [0.25, 0.3) is 10.2 Å². The van der Waals surface area contributed by atoms with E-state index in [0.717, 1.165) is 11.3 Å². The Balaban J connectivity index is 2.24. The van der Waals surface area contributed by atoms with Gasteiger partial charge in [0, 0.05) is 11.1 Å². The monoisotopic (exact) mass is 452 g/mol. The summed E-state index contributed by atoms with van der Waals surface area (Å²) in [6.07, 6.45) is -5.13. The zero-order valence-electron chi connectivity index (χ0n) is 13.1. The molecule has 0 aliphatic heterocycles. The first-order valence-electron chi connectivity index (χ1n) is 7.04. The van der Waals surface area contributed by atoms with Crippen molar-refractivity contribution in [2.24, 2.45) is 0 Å². The number of rotatable bonds is 4. The molecule has 8 nitrogen and oxygen atoms in total. The highest BCUT2D eigenvalue weighted by Crippen LogP contribution is 2.48. The molecule has 0 saturated heterocycles. The van der Waals surface area contributed by atoms with Crippen LogP contribution in [-0.4, -0.2) is 14.8 Å². The fourth-order valence-electron chi connectivity index (χ4n) is 2.33. The molecule has 1 aromatic heterocycles. The van der Waals surface area contributed by atoms with Crippen molar-refractivity contribution in [1.29, 1.82) is 0 Å². The number of fused-ring (bicyclic) bond motifs is 1. The van der Waals surface area contributed by atoms with E-state index < -0.39 is 43.7 Å². The Labute approximate surface area is 166 Å². The van der Waals surface area contributed by atoms with Crippen LogP contribution < -0.4 is 5.32 Å². The van der Waals surface area contributed by atoms with Crippen molar-refractivity contribution in [2.45, 2.75) is 6.18 Å². The number of nitro benzene ring substituents is 2. The second kappa shape index (κ2) is 7.04. The van der Waals surface area contributed by atoms with Crippen molar-refractivity contribution in [3.63, 3.8) is 0 Å². The maximum Gasteiger partial charge on any atom is 0.418 e. The summed E-state index contributed by atoms with van der Waals surface area (Å²) in [6.45, 7) is 0. The van der Waals surface area contributed by atoms with Crippen molar-refractivity contribution in [1.82, 2.24) is 4.98 Å². The Hall–Kier alpha value is -2.70. The Bertz CT molecular complexity index is 1140. The summed E-state index contributed by atoms with van der Waals surface area (Å²) in [5.41, 5.74) is -4.51. The van der Waals surface area contributed by atoms with Crippen LogP contribution >= 0.6 is 34.5 Å². The Morgan fingerprint density at radius 2 is 1.79 bits per heavy atom. The molecule has 0 aliphatic rings. The van der Waals surface area contributed by atoms with Crippen LogP contribution in [0, 0.1) is 20.2 Å². The molecule has 1 N–H and O–H groups in total. The molecule has 0 saturated carbocycles. The van der Waals surface area contributed by atoms with Crippen molar-refractivity contribution >= 4 is 66.9 Å². The zero-order chi connectivity index (χ0) is 20.8. The third-order valence-electron chi connectivity index (χ3n) is 3.49. The van der Waals surface area contributed by atoms with Gasteiger partial charge >= 0.3 is 17.6 Å². The number of halogens is 5. The summed E-state index contributed by atoms with van der Waals surface area (Å²) in [5.74, 6) is 0. The molecule has 0 spiro atoms. The molecule has 0 bridgehead atoms. The van der Waals surface area contributed by atoms with Crippen LogP contribution in [0.5, 0.6) is 0 Å². The lowest BCUT2D eigenvalue weighted by Gasteiger charge is -2.12. The van der Waals surface area contributed by atoms with E-state index in [1.54, 1.807) is 12.1 Å². The lowest BCUT2D eigenvalue weighted by atomic mass is 10.1. The lowest BCUT2D eigenvalue weighted by Crippen LogP contribution is -2.11. The van der Waals surface area contributed by atoms with Gasteiger partial charge in [0.05, 0.1) is 25.6 Å². The largest absolute Gasteiger partial charge is 0.418 e. The molecule has 0 unspecified atom stereocenters. The van der Waals surface area contributed by atoms with Gasteiger partial charge in [0.15, 0.2) is 10.8 Å². The van der Waals surface area contributed by atoms with E-state index in [4.69, 9.17) is 23.2 Å². The van der Waals surface area contributed by atoms with E-state index in [9.17, 15) is 33.4 Å². The minimum atomic E-state index is -5.13. The average molecular weight is 453 g/mol. The van der Waals surface area contributed by atoms with Crippen LogP contribution in [0.3, 0.4) is 0 Å². The summed E-state index contributed by atoms with van der Waals surface area (Å²) >= 11 is 12.4. The molecule has 1 heterocycles. The first-order chi connectivity index (χ1) is 13.0. The number of alkyl halides is 3. The van der Waals surface area contributed by atoms with E-state index in [1.807, 2.05) is 0 Å². The SMILES string of the molecule is O=[N+]([O-])c1cc(C(F)(F)F)c(Cl)c([N+](=O)[O-])c1Nc1nc2ccc(Cl)cc2s1. The number of nitro groups is 2. The first kappa shape index (κ1) is 20.0. The fourth-order valence-corrected chi connectivity index (χ4v) is 3.81. The maximum atomic E-state index is 13.1. The standard InChI is InChI=1S/C14H5Cl2F3N4O4S/c15-5-1-2-7-9(3-5)28-13(20-7)21-11-8(22(24)25)4-6(14(17,18)19)10(16)12(11)23(26)27/h1-4H,(H,20,21). The zero-order valence-corrected chi connectivity index (χ0v) is 15.4. The molecule has 0 fully saturated rings. The molecule has 14 heteroatoms. The molecule has 146 valence electrons. The summed E-state index contributed by atoms with van der Waals surface area (Å²) in [7, 11) is 0. The minimum absolute atomic E-state index is 0.0284. The minimum Gasteiger partial charge on any atom is -0.320 e. The fraction of sp³-hybridized carbons (Fsp3) is 0.0714. The van der Waals surface area contributed by atoms with Crippen molar-refractivity contribution in [2.75, 3.05) is 5.32 Å². The number of anilines is 2. The Morgan fingerprint density at radius 1 is 1.11 bits per heavy atom. The number of nitrogens with zero attached hydrogens (tertiary/aromatic N) is 3. The first-order valence-corrected chi connectivity index (χ1v) is 8.62. The van der Waals surface area contributed by atoms with E-state index in [2.05, 4.69) is 10.3 Å². The van der Waals surface area contributed by atoms with Gasteiger partial charge in [-0.15, -0.1) is 0 Å². The maximum absolute atomic E-state index is 13.1. The molecule has 0 amide bonds. The Morgan fingerprint density at radius 3 is 2.36 bits per heavy atom. The molecule has 3 aromatic rings. The highest BCUT2D eigenvalue weighted by molar-refractivity contribution is 7.22. The van der Waals surface area contributed by atoms with Crippen molar-refractivity contribution < 1.29 is 23.0 Å². The Kier molecular flexibility index (Phi) is 5.04. The topological polar surface area (TPSA) is 111 Å². The van der Waals surface area contributed by atoms with Crippen LogP contribution in [-0.2, 0) is 6.18 Å². The number of hydrogen-bond acceptors (Lipinski definition) is 7. The molecular weight excluding hydrogens is 448 g/mol. The van der Waals surface area contributed by atoms with Gasteiger partial charge in [-0.1, -0.05) is 34.5 Å². The van der Waals surface area contributed by atoms with Crippen molar-refractivity contribution in [3.05, 3.63) is 60.1 Å². The van der Waals surface area contributed by atoms with Crippen LogP contribution in [0.1, 0.15) is 5.56 Å². The highest BCUT2D eigenvalue weighted by Gasteiger charge is 2.42. The van der Waals surface area contributed by atoms with Crippen LogP contribution in [0.4, 0.5) is 35.4 Å². The van der Waals surface area contributed by atoms with Gasteiger partial charge in [-0.05, 0) is 18.2 Å². The normalized spacial score (nSPS) is 11.6. The molecule has 0 atom stereocenters. The van der Waals surface area contributed by atoms with Crippen molar-refractivity contribution in [3.8, 4) is 0 Å². The molecule has 3 rings (SSSR count). The third kappa shape index (κ3) is 3.66. The number of nitrogens with one attached hydrogen (secondary N) is 1. The van der Waals surface area contributed by atoms with Gasteiger partial charge in [-0.2, -0.15) is 13.2 Å². The van der Waals surface area contributed by atoms with E-state index >= 15 is 0 Å². The predicted molar refractivity (Wildman–Crippen MR) is 97.7 cm³/mol. The highest BCUT2D eigenvalue weighted by atomic mass is 35.5. The third-order valence-corrected chi connectivity index (χ3v) is 5.04. The number of thiazole rings is 1. The van der Waals surface area contributed by atoms with E-state index in [-0.39, 0.29) is 11.2 Å². The molecular formula is C14H5Cl2F3N4O4S. The second-order valence-corrected chi connectivity index (χ2v) is 7.09. The van der Waals surface area contributed by atoms with E-state index in [1.165, 1.54) is 6.07 Å². The van der Waals surface area contributed by atoms with Gasteiger partial charge < -0.3 is 5.32 Å². The number of hydrogen-bond donors (Lipinski definition) is 1. The van der Waals surface area contributed by atoms with Gasteiger partial charge in [-0.25, -0.2) is 4.98 Å². The smallest absolute Gasteiger partial charge is 0.320 e. The lowest BCUT2D eigenvalue weighted by molar-refractivity contribution is -0.392. The molecule has 2 aromatic carbocycles. The summed E-state index contributed by atoms with van der Waals surface area (Å²) in [6, 6.07) is 4.76. The van der Waals surface area contributed by atoms with Gasteiger partial charge in [-0.3, -0.25) is 20.2 Å². The van der Waals surface area contributed by atoms with Gasteiger partial charge in [0.1, 0.15) is 5.02 Å². The average Bonchev–Trinajstić information content (AvgIpc) is 2.94. The van der Waals surface area contributed by atoms with Crippen LogP contribution in [0.15, 0.2) is 24.3 Å². The molecule has 28 heavy (non-hydrogen) atoms. The van der Waals surface area contributed by atoms with E-state index in [0.29, 0.717) is 15.2 Å². The summed E-state index contributed by atoms with van der Waals surface area (Å²) in [4.78, 5) is 24.3. The van der Waals surface area contributed by atoms with Crippen LogP contribution in [0.2, 0.25) is 10.0 Å². The number of benzene rings is 2. The van der Waals surface area contributed by atoms with Gasteiger partial charge in [0.2, 0.25) is 0 Å². The number of aromatic nitrogens is 1. The predicted octanol–water partition coefficient (Wildman–Crippen LogP) is 6.18. The molecule has 0 aliphatic carbocycles.